The van der Waals surface area contributed by atoms with Crippen molar-refractivity contribution in [3.05, 3.63) is 0 Å². The Labute approximate surface area is 74.7 Å². The molecule has 2 unspecified atom stereocenters. The average Bonchev–Trinajstić information content (AvgIpc) is 2.73. The van der Waals surface area contributed by atoms with E-state index in [-0.39, 0.29) is 25.8 Å². The summed E-state index contributed by atoms with van der Waals surface area (Å²) in [5.41, 5.74) is -0.724. The Kier molecular flexibility index (Phi) is 1.88. The van der Waals surface area contributed by atoms with Crippen molar-refractivity contribution in [2.24, 2.45) is 5.41 Å². The van der Waals surface area contributed by atoms with E-state index in [1.165, 1.54) is 0 Å². The lowest BCUT2D eigenvalue weighted by Crippen LogP contribution is -2.33. The minimum Gasteiger partial charge on any atom is -0.347 e. The molecule has 68 valence electrons. The van der Waals surface area contributed by atoms with Crippen molar-refractivity contribution < 1.29 is 19.0 Å². The van der Waals surface area contributed by atoms with Gasteiger partial charge in [-0.25, -0.2) is 0 Å². The Morgan fingerprint density at radius 2 is 1.92 bits per heavy atom. The van der Waals surface area contributed by atoms with Gasteiger partial charge >= 0.3 is 0 Å². The summed E-state index contributed by atoms with van der Waals surface area (Å²) in [6.45, 7) is 2.24. The number of carbonyl (C=O) groups is 1. The van der Waals surface area contributed by atoms with Crippen LogP contribution in [0, 0.1) is 5.41 Å². The minimum absolute atomic E-state index is 0.260. The minimum atomic E-state index is -0.724. The van der Waals surface area contributed by atoms with Gasteiger partial charge in [-0.15, -0.1) is 0 Å². The molecule has 5 heteroatoms. The van der Waals surface area contributed by atoms with Crippen LogP contribution in [-0.2, 0) is 19.0 Å². The molecule has 2 saturated heterocycles. The fourth-order valence-corrected chi connectivity index (χ4v) is 1.12. The lowest BCUT2D eigenvalue weighted by Gasteiger charge is -2.21. The van der Waals surface area contributed by atoms with Crippen LogP contribution >= 0.6 is 11.6 Å². The third-order valence-electron chi connectivity index (χ3n) is 2.02. The topological polar surface area (TPSA) is 48.1 Å². The number of halogens is 1. The zero-order chi connectivity index (χ0) is 8.77. The highest BCUT2D eigenvalue weighted by Gasteiger charge is 2.49. The second-order valence-corrected chi connectivity index (χ2v) is 3.67. The Morgan fingerprint density at radius 1 is 1.42 bits per heavy atom. The van der Waals surface area contributed by atoms with Crippen molar-refractivity contribution in [1.29, 1.82) is 0 Å². The average molecular weight is 193 g/mol. The molecule has 0 aromatic heterocycles. The van der Waals surface area contributed by atoms with E-state index in [2.05, 4.69) is 0 Å². The summed E-state index contributed by atoms with van der Waals surface area (Å²) in [5.74, 6) is 0. The zero-order valence-corrected chi connectivity index (χ0v) is 7.34. The Balaban J connectivity index is 2.03. The molecule has 0 amide bonds. The van der Waals surface area contributed by atoms with Gasteiger partial charge in [-0.2, -0.15) is 0 Å². The summed E-state index contributed by atoms with van der Waals surface area (Å²) in [4.78, 5) is 11.0. The van der Waals surface area contributed by atoms with Crippen LogP contribution < -0.4 is 0 Å². The quantitative estimate of drug-likeness (QED) is 0.448. The molecule has 0 aliphatic carbocycles. The molecule has 0 radical (unpaired) electrons. The molecule has 0 aromatic carbocycles. The number of ether oxygens (including phenoxy) is 3. The summed E-state index contributed by atoms with van der Waals surface area (Å²) >= 11 is 5.39. The van der Waals surface area contributed by atoms with Crippen LogP contribution in [0.2, 0.25) is 0 Å². The number of epoxide rings is 1. The maximum Gasteiger partial charge on any atom is 0.232 e. The van der Waals surface area contributed by atoms with E-state index >= 15 is 0 Å². The molecule has 0 saturated carbocycles. The zero-order valence-electron chi connectivity index (χ0n) is 6.58. The second kappa shape index (κ2) is 2.67. The standard InChI is InChI=1S/C7H9ClO4/c1-7(6(8)9)2-10-4-5(12-4)11-3-7/h4-5H,2-3H2,1H3. The van der Waals surface area contributed by atoms with Gasteiger partial charge in [-0.1, -0.05) is 0 Å². The monoisotopic (exact) mass is 192 g/mol. The van der Waals surface area contributed by atoms with Crippen molar-refractivity contribution in [2.75, 3.05) is 13.2 Å². The van der Waals surface area contributed by atoms with Gasteiger partial charge in [0.25, 0.3) is 0 Å². The van der Waals surface area contributed by atoms with Crippen LogP contribution in [0.25, 0.3) is 0 Å². The summed E-state index contributed by atoms with van der Waals surface area (Å²) in [7, 11) is 0. The summed E-state index contributed by atoms with van der Waals surface area (Å²) in [6, 6.07) is 0. The molecule has 2 aliphatic heterocycles. The molecule has 2 aliphatic rings. The molecule has 0 bridgehead atoms. The van der Waals surface area contributed by atoms with Crippen molar-refractivity contribution in [1.82, 2.24) is 0 Å². The third-order valence-corrected chi connectivity index (χ3v) is 2.48. The van der Waals surface area contributed by atoms with E-state index in [4.69, 9.17) is 25.8 Å². The molecular formula is C7H9ClO4. The van der Waals surface area contributed by atoms with Crippen molar-refractivity contribution >= 4 is 16.8 Å². The van der Waals surface area contributed by atoms with Crippen molar-refractivity contribution in [3.8, 4) is 0 Å². The molecular weight excluding hydrogens is 184 g/mol. The van der Waals surface area contributed by atoms with Gasteiger partial charge in [0.15, 0.2) is 0 Å². The summed E-state index contributed by atoms with van der Waals surface area (Å²) < 4.78 is 15.3. The maximum absolute atomic E-state index is 11.0. The van der Waals surface area contributed by atoms with Gasteiger partial charge in [-0.05, 0) is 18.5 Å². The first kappa shape index (κ1) is 8.44. The van der Waals surface area contributed by atoms with Gasteiger partial charge < -0.3 is 14.2 Å². The van der Waals surface area contributed by atoms with Gasteiger partial charge in [0.05, 0.1) is 18.6 Å². The molecule has 2 heterocycles. The fraction of sp³-hybridized carbons (Fsp3) is 0.857. The molecule has 2 atom stereocenters. The van der Waals surface area contributed by atoms with E-state index in [1.807, 2.05) is 0 Å². The largest absolute Gasteiger partial charge is 0.347 e. The van der Waals surface area contributed by atoms with E-state index in [0.29, 0.717) is 0 Å². The molecule has 4 nitrogen and oxygen atoms in total. The van der Waals surface area contributed by atoms with Crippen LogP contribution in [0.4, 0.5) is 0 Å². The Morgan fingerprint density at radius 3 is 2.33 bits per heavy atom. The van der Waals surface area contributed by atoms with E-state index in [9.17, 15) is 4.79 Å². The predicted molar refractivity (Wildman–Crippen MR) is 39.5 cm³/mol. The van der Waals surface area contributed by atoms with Crippen molar-refractivity contribution in [2.45, 2.75) is 19.5 Å². The van der Waals surface area contributed by atoms with Gasteiger partial charge in [0.1, 0.15) is 0 Å². The molecule has 2 rings (SSSR count). The highest BCUT2D eigenvalue weighted by atomic mass is 35.5. The number of fused-ring (bicyclic) bond motifs is 1. The molecule has 2 fully saturated rings. The Hall–Kier alpha value is -0.160. The lowest BCUT2D eigenvalue weighted by atomic mass is 9.95. The van der Waals surface area contributed by atoms with Crippen molar-refractivity contribution in [3.63, 3.8) is 0 Å². The van der Waals surface area contributed by atoms with E-state index in [1.54, 1.807) is 6.92 Å². The SMILES string of the molecule is CC1(C(=O)Cl)COC2OC2OC1. The fourth-order valence-electron chi connectivity index (χ4n) is 1.01. The van der Waals surface area contributed by atoms with Crippen LogP contribution in [0.5, 0.6) is 0 Å². The second-order valence-electron chi connectivity index (χ2n) is 3.33. The highest BCUT2D eigenvalue weighted by Crippen LogP contribution is 2.34. The van der Waals surface area contributed by atoms with Crippen LogP contribution in [0.3, 0.4) is 0 Å². The van der Waals surface area contributed by atoms with Crippen LogP contribution in [-0.4, -0.2) is 31.0 Å². The molecule has 12 heavy (non-hydrogen) atoms. The van der Waals surface area contributed by atoms with E-state index in [0.717, 1.165) is 0 Å². The first-order chi connectivity index (χ1) is 5.62. The Bertz CT molecular complexity index is 205. The van der Waals surface area contributed by atoms with Crippen LogP contribution in [0.1, 0.15) is 6.92 Å². The molecule has 0 spiro atoms. The first-order valence-electron chi connectivity index (χ1n) is 3.70. The number of hydrogen-bond donors (Lipinski definition) is 0. The lowest BCUT2D eigenvalue weighted by molar-refractivity contribution is -0.129. The predicted octanol–water partition coefficient (Wildman–Crippen LogP) is 0.487. The molecule has 0 aromatic rings. The third kappa shape index (κ3) is 1.35. The summed E-state index contributed by atoms with van der Waals surface area (Å²) in [5, 5.41) is -0.427. The highest BCUT2D eigenvalue weighted by molar-refractivity contribution is 6.64. The maximum atomic E-state index is 11.0. The van der Waals surface area contributed by atoms with E-state index < -0.39 is 10.7 Å². The van der Waals surface area contributed by atoms with Gasteiger partial charge in [0.2, 0.25) is 17.8 Å². The van der Waals surface area contributed by atoms with Crippen LogP contribution in [0.15, 0.2) is 0 Å². The number of carbonyl (C=O) groups excluding carboxylic acids is 1. The molecule has 0 N–H and O–H groups in total. The summed E-state index contributed by atoms with van der Waals surface area (Å²) in [6.07, 6.45) is -0.578. The number of rotatable bonds is 1. The number of hydrogen-bond acceptors (Lipinski definition) is 4. The van der Waals surface area contributed by atoms with Gasteiger partial charge in [0, 0.05) is 0 Å². The van der Waals surface area contributed by atoms with Gasteiger partial charge in [-0.3, -0.25) is 4.79 Å². The first-order valence-corrected chi connectivity index (χ1v) is 4.08. The normalized spacial score (nSPS) is 46.2. The smallest absolute Gasteiger partial charge is 0.232 e.